The van der Waals surface area contributed by atoms with Gasteiger partial charge in [-0.1, -0.05) is 0 Å². The third-order valence-electron chi connectivity index (χ3n) is 6.78. The Morgan fingerprint density at radius 1 is 1.03 bits per heavy atom. The highest BCUT2D eigenvalue weighted by Crippen LogP contribution is 2.40. The molecule has 3 heterocycles. The van der Waals surface area contributed by atoms with Crippen molar-refractivity contribution in [2.45, 2.75) is 25.2 Å². The van der Waals surface area contributed by atoms with Crippen molar-refractivity contribution in [2.75, 3.05) is 29.4 Å². The molecule has 2 aliphatic rings. The lowest BCUT2D eigenvalue weighted by molar-refractivity contribution is -0.137. The number of amides is 1. The number of alkyl halides is 3. The van der Waals surface area contributed by atoms with E-state index in [0.29, 0.717) is 31.7 Å². The van der Waals surface area contributed by atoms with Crippen LogP contribution in [0.3, 0.4) is 0 Å². The Morgan fingerprint density at radius 3 is 2.49 bits per heavy atom. The number of halogens is 4. The molecule has 2 aromatic carbocycles. The van der Waals surface area contributed by atoms with Crippen LogP contribution in [0.2, 0.25) is 0 Å². The number of nitrogens with zero attached hydrogens (tertiary/aromatic N) is 3. The van der Waals surface area contributed by atoms with Crippen molar-refractivity contribution in [3.05, 3.63) is 89.5 Å². The van der Waals surface area contributed by atoms with Gasteiger partial charge < -0.3 is 15.1 Å². The van der Waals surface area contributed by atoms with E-state index in [-0.39, 0.29) is 24.2 Å². The molecule has 5 rings (SSSR count). The molecule has 2 aliphatic heterocycles. The minimum Gasteiger partial charge on any atom is -0.368 e. The molecular weight excluding hydrogens is 460 g/mol. The van der Waals surface area contributed by atoms with E-state index in [4.69, 9.17) is 0 Å². The second-order valence-corrected chi connectivity index (χ2v) is 8.91. The first kappa shape index (κ1) is 23.1. The molecule has 1 aromatic heterocycles. The summed E-state index contributed by atoms with van der Waals surface area (Å²) in [6.45, 7) is 1.95. The van der Waals surface area contributed by atoms with Crippen LogP contribution in [0.1, 0.15) is 16.7 Å². The number of hydrogen-bond donors (Lipinski definition) is 1. The maximum atomic E-state index is 13.4. The minimum absolute atomic E-state index is 0.208. The smallest absolute Gasteiger partial charge is 0.368 e. The molecule has 182 valence electrons. The van der Waals surface area contributed by atoms with Gasteiger partial charge in [-0.05, 0) is 72.1 Å². The zero-order valence-corrected chi connectivity index (χ0v) is 18.8. The average Bonchev–Trinajstić information content (AvgIpc) is 2.86. The molecule has 5 nitrogen and oxygen atoms in total. The van der Waals surface area contributed by atoms with Crippen molar-refractivity contribution in [3.63, 3.8) is 0 Å². The summed E-state index contributed by atoms with van der Waals surface area (Å²) < 4.78 is 53.6. The largest absolute Gasteiger partial charge is 0.416 e. The molecule has 0 spiro atoms. The predicted molar refractivity (Wildman–Crippen MR) is 124 cm³/mol. The van der Waals surface area contributed by atoms with Crippen molar-refractivity contribution in [1.29, 1.82) is 0 Å². The number of nitrogens with one attached hydrogen (secondary N) is 1. The maximum Gasteiger partial charge on any atom is 0.416 e. The van der Waals surface area contributed by atoms with Crippen LogP contribution in [0, 0.1) is 11.7 Å². The van der Waals surface area contributed by atoms with E-state index in [0.717, 1.165) is 23.0 Å². The SMILES string of the molecule is O=C(NCc1ccncc1)C1Cc2cc(C(F)(F)F)ccc2N2CCN(c3ccc(F)cc3)CC12. The van der Waals surface area contributed by atoms with Crippen molar-refractivity contribution >= 4 is 17.3 Å². The van der Waals surface area contributed by atoms with Gasteiger partial charge in [0.1, 0.15) is 5.82 Å². The fourth-order valence-electron chi connectivity index (χ4n) is 5.01. The number of aromatic nitrogens is 1. The van der Waals surface area contributed by atoms with E-state index in [2.05, 4.69) is 20.1 Å². The van der Waals surface area contributed by atoms with Gasteiger partial charge >= 0.3 is 6.18 Å². The molecule has 0 radical (unpaired) electrons. The van der Waals surface area contributed by atoms with E-state index in [1.54, 1.807) is 36.7 Å². The Morgan fingerprint density at radius 2 is 1.77 bits per heavy atom. The summed E-state index contributed by atoms with van der Waals surface area (Å²) in [6.07, 6.45) is -0.965. The molecule has 2 atom stereocenters. The molecule has 9 heteroatoms. The number of hydrogen-bond acceptors (Lipinski definition) is 4. The van der Waals surface area contributed by atoms with Gasteiger partial charge in [0, 0.05) is 49.9 Å². The Kier molecular flexibility index (Phi) is 6.08. The van der Waals surface area contributed by atoms with Gasteiger partial charge in [0.05, 0.1) is 17.5 Å². The molecule has 1 saturated heterocycles. The normalized spacial score (nSPS) is 19.7. The van der Waals surface area contributed by atoms with Crippen molar-refractivity contribution < 1.29 is 22.4 Å². The number of piperazine rings is 1. The number of fused-ring (bicyclic) bond motifs is 3. The highest BCUT2D eigenvalue weighted by molar-refractivity contribution is 5.82. The average molecular weight is 484 g/mol. The molecule has 1 N–H and O–H groups in total. The molecule has 3 aromatic rings. The van der Waals surface area contributed by atoms with Gasteiger partial charge in [0.2, 0.25) is 5.91 Å². The molecule has 1 amide bonds. The molecule has 0 aliphatic carbocycles. The van der Waals surface area contributed by atoms with Crippen LogP contribution in [0.25, 0.3) is 0 Å². The van der Waals surface area contributed by atoms with Crippen molar-refractivity contribution in [2.24, 2.45) is 5.92 Å². The number of carbonyl (C=O) groups excluding carboxylic acids is 1. The summed E-state index contributed by atoms with van der Waals surface area (Å²) in [5, 5.41) is 2.96. The number of benzene rings is 2. The van der Waals surface area contributed by atoms with E-state index >= 15 is 0 Å². The van der Waals surface area contributed by atoms with Crippen LogP contribution in [-0.4, -0.2) is 36.6 Å². The number of carbonyl (C=O) groups is 1. The summed E-state index contributed by atoms with van der Waals surface area (Å²) in [6, 6.07) is 13.4. The molecule has 0 saturated carbocycles. The van der Waals surface area contributed by atoms with Gasteiger partial charge in [-0.15, -0.1) is 0 Å². The fourth-order valence-corrected chi connectivity index (χ4v) is 5.01. The first-order valence-electron chi connectivity index (χ1n) is 11.4. The number of anilines is 2. The predicted octanol–water partition coefficient (Wildman–Crippen LogP) is 4.42. The third-order valence-corrected chi connectivity index (χ3v) is 6.78. The zero-order valence-electron chi connectivity index (χ0n) is 18.8. The maximum absolute atomic E-state index is 13.4. The lowest BCUT2D eigenvalue weighted by Crippen LogP contribution is -2.61. The molecule has 0 bridgehead atoms. The summed E-state index contributed by atoms with van der Waals surface area (Å²) in [7, 11) is 0. The first-order chi connectivity index (χ1) is 16.8. The number of rotatable bonds is 4. The quantitative estimate of drug-likeness (QED) is 0.557. The van der Waals surface area contributed by atoms with Crippen LogP contribution in [0.5, 0.6) is 0 Å². The van der Waals surface area contributed by atoms with Gasteiger partial charge in [-0.25, -0.2) is 4.39 Å². The fraction of sp³-hybridized carbons (Fsp3) is 0.308. The Balaban J connectivity index is 1.44. The summed E-state index contributed by atoms with van der Waals surface area (Å²) in [5.41, 5.74) is 2.28. The van der Waals surface area contributed by atoms with Crippen LogP contribution >= 0.6 is 0 Å². The zero-order chi connectivity index (χ0) is 24.6. The molecule has 35 heavy (non-hydrogen) atoms. The monoisotopic (exact) mass is 484 g/mol. The second-order valence-electron chi connectivity index (χ2n) is 8.91. The Bertz CT molecular complexity index is 1200. The minimum atomic E-state index is -4.45. The lowest BCUT2D eigenvalue weighted by atomic mass is 9.82. The number of pyridine rings is 1. The van der Waals surface area contributed by atoms with Crippen LogP contribution in [0.15, 0.2) is 67.0 Å². The van der Waals surface area contributed by atoms with Crippen LogP contribution < -0.4 is 15.1 Å². The van der Waals surface area contributed by atoms with Gasteiger partial charge in [0.25, 0.3) is 0 Å². The van der Waals surface area contributed by atoms with E-state index in [1.807, 2.05) is 0 Å². The summed E-state index contributed by atoms with van der Waals surface area (Å²) >= 11 is 0. The lowest BCUT2D eigenvalue weighted by Gasteiger charge is -2.49. The second kappa shape index (κ2) is 9.20. The van der Waals surface area contributed by atoms with E-state index in [9.17, 15) is 22.4 Å². The van der Waals surface area contributed by atoms with E-state index < -0.39 is 17.7 Å². The summed E-state index contributed by atoms with van der Waals surface area (Å²) in [4.78, 5) is 21.5. The first-order valence-corrected chi connectivity index (χ1v) is 11.4. The highest BCUT2D eigenvalue weighted by atomic mass is 19.4. The van der Waals surface area contributed by atoms with Gasteiger partial charge in [-0.3, -0.25) is 9.78 Å². The highest BCUT2D eigenvalue weighted by Gasteiger charge is 2.42. The van der Waals surface area contributed by atoms with Gasteiger partial charge in [0.15, 0.2) is 0 Å². The molecular formula is C26H24F4N4O. The summed E-state index contributed by atoms with van der Waals surface area (Å²) in [5.74, 6) is -1.08. The van der Waals surface area contributed by atoms with Crippen molar-refractivity contribution in [1.82, 2.24) is 10.3 Å². The van der Waals surface area contributed by atoms with Crippen LogP contribution in [-0.2, 0) is 23.9 Å². The topological polar surface area (TPSA) is 48.5 Å². The Hall–Kier alpha value is -3.62. The Labute approximate surface area is 200 Å². The third kappa shape index (κ3) is 4.80. The molecule has 2 unspecified atom stereocenters. The van der Waals surface area contributed by atoms with Gasteiger partial charge in [-0.2, -0.15) is 13.2 Å². The van der Waals surface area contributed by atoms with Crippen LogP contribution in [0.4, 0.5) is 28.9 Å². The van der Waals surface area contributed by atoms with E-state index in [1.165, 1.54) is 24.3 Å². The van der Waals surface area contributed by atoms with Crippen molar-refractivity contribution in [3.8, 4) is 0 Å². The standard InChI is InChI=1S/C26H24F4N4O/c27-20-2-4-21(5-3-20)33-11-12-34-23-6-1-19(26(28,29)30)13-18(23)14-22(24(34)16-33)25(35)32-15-17-7-9-31-10-8-17/h1-10,13,22,24H,11-12,14-16H2,(H,32,35). The molecule has 1 fully saturated rings.